The molecule has 2 aromatic carbocycles. The van der Waals surface area contributed by atoms with Gasteiger partial charge in [-0.05, 0) is 60.2 Å². The second-order valence-electron chi connectivity index (χ2n) is 7.63. The van der Waals surface area contributed by atoms with Crippen LogP contribution in [-0.2, 0) is 9.59 Å². The summed E-state index contributed by atoms with van der Waals surface area (Å²) >= 11 is 0. The van der Waals surface area contributed by atoms with Crippen molar-refractivity contribution in [1.29, 1.82) is 0 Å². The van der Waals surface area contributed by atoms with Crippen molar-refractivity contribution >= 4 is 11.7 Å². The van der Waals surface area contributed by atoms with Crippen molar-refractivity contribution in [2.24, 2.45) is 0 Å². The summed E-state index contributed by atoms with van der Waals surface area (Å²) < 4.78 is 26.9. The molecule has 2 aromatic rings. The maximum atomic E-state index is 13.6. The molecule has 1 aliphatic carbocycles. The Hall–Kier alpha value is -2.56. The Balaban J connectivity index is 1.74. The van der Waals surface area contributed by atoms with Crippen LogP contribution < -0.4 is 5.32 Å². The van der Waals surface area contributed by atoms with Crippen LogP contribution in [0.15, 0.2) is 36.4 Å². The number of hydrogen-bond acceptors (Lipinski definition) is 2. The number of benzene rings is 2. The van der Waals surface area contributed by atoms with E-state index in [9.17, 15) is 18.4 Å². The van der Waals surface area contributed by atoms with Crippen LogP contribution >= 0.6 is 0 Å². The SMILES string of the molecule is Cc1ccc(-c2ccc(F)c(F)c2)cc1C1C(=O)NC2(CCCCC2)C1=O. The molecule has 1 unspecified atom stereocenters. The largest absolute Gasteiger partial charge is 0.343 e. The van der Waals surface area contributed by atoms with Gasteiger partial charge >= 0.3 is 0 Å². The normalized spacial score (nSPS) is 21.5. The molecular formula is C22H21F2NO2. The minimum absolute atomic E-state index is 0.0577. The fraction of sp³-hybridized carbons (Fsp3) is 0.364. The minimum Gasteiger partial charge on any atom is -0.343 e. The molecule has 140 valence electrons. The van der Waals surface area contributed by atoms with Crippen LogP contribution in [0, 0.1) is 18.6 Å². The third kappa shape index (κ3) is 2.95. The molecule has 2 aliphatic rings. The molecule has 3 nitrogen and oxygen atoms in total. The maximum absolute atomic E-state index is 13.6. The first-order valence-corrected chi connectivity index (χ1v) is 9.34. The van der Waals surface area contributed by atoms with Gasteiger partial charge in [0.1, 0.15) is 5.92 Å². The number of aryl methyl sites for hydroxylation is 1. The highest BCUT2D eigenvalue weighted by Gasteiger charge is 2.53. The smallest absolute Gasteiger partial charge is 0.235 e. The van der Waals surface area contributed by atoms with Crippen LogP contribution in [0.1, 0.15) is 49.1 Å². The third-order valence-corrected chi connectivity index (χ3v) is 5.91. The second kappa shape index (κ2) is 6.55. The summed E-state index contributed by atoms with van der Waals surface area (Å²) in [6.07, 6.45) is 4.34. The van der Waals surface area contributed by atoms with E-state index in [1.54, 1.807) is 12.1 Å². The van der Waals surface area contributed by atoms with Gasteiger partial charge in [0.05, 0.1) is 5.54 Å². The zero-order valence-electron chi connectivity index (χ0n) is 15.1. The molecule has 1 heterocycles. The van der Waals surface area contributed by atoms with Crippen molar-refractivity contribution in [3.8, 4) is 11.1 Å². The van der Waals surface area contributed by atoms with Crippen molar-refractivity contribution in [2.45, 2.75) is 50.5 Å². The van der Waals surface area contributed by atoms with Crippen molar-refractivity contribution in [3.05, 3.63) is 59.2 Å². The molecule has 27 heavy (non-hydrogen) atoms. The fourth-order valence-electron chi connectivity index (χ4n) is 4.38. The van der Waals surface area contributed by atoms with Crippen LogP contribution in [-0.4, -0.2) is 17.2 Å². The first kappa shape index (κ1) is 17.8. The molecule has 1 saturated carbocycles. The number of nitrogens with one attached hydrogen (secondary N) is 1. The van der Waals surface area contributed by atoms with Gasteiger partial charge in [-0.25, -0.2) is 8.78 Å². The second-order valence-corrected chi connectivity index (χ2v) is 7.63. The summed E-state index contributed by atoms with van der Waals surface area (Å²) in [6.45, 7) is 1.86. The predicted molar refractivity (Wildman–Crippen MR) is 98.2 cm³/mol. The number of Topliss-reactive ketones (excluding diaryl/α,β-unsaturated/α-hetero) is 1. The van der Waals surface area contributed by atoms with E-state index in [4.69, 9.17) is 0 Å². The van der Waals surface area contributed by atoms with Gasteiger partial charge in [0.2, 0.25) is 5.91 Å². The van der Waals surface area contributed by atoms with Crippen LogP contribution in [0.5, 0.6) is 0 Å². The molecule has 0 radical (unpaired) electrons. The fourth-order valence-corrected chi connectivity index (χ4v) is 4.38. The number of carbonyl (C=O) groups excluding carboxylic acids is 2. The Kier molecular flexibility index (Phi) is 4.33. The Morgan fingerprint density at radius 3 is 2.30 bits per heavy atom. The first-order valence-electron chi connectivity index (χ1n) is 9.34. The molecule has 5 heteroatoms. The van der Waals surface area contributed by atoms with Gasteiger partial charge in [0, 0.05) is 0 Å². The Labute approximate surface area is 156 Å². The van der Waals surface area contributed by atoms with E-state index >= 15 is 0 Å². The molecule has 4 rings (SSSR count). The van der Waals surface area contributed by atoms with E-state index < -0.39 is 23.1 Å². The number of hydrogen-bond donors (Lipinski definition) is 1. The summed E-state index contributed by atoms with van der Waals surface area (Å²) in [5.41, 5.74) is 1.91. The van der Waals surface area contributed by atoms with Gasteiger partial charge in [-0.3, -0.25) is 9.59 Å². The van der Waals surface area contributed by atoms with E-state index in [2.05, 4.69) is 5.32 Å². The Morgan fingerprint density at radius 1 is 0.926 bits per heavy atom. The molecule has 0 aromatic heterocycles. The Morgan fingerprint density at radius 2 is 1.59 bits per heavy atom. The predicted octanol–water partition coefficient (Wildman–Crippen LogP) is 4.43. The average molecular weight is 369 g/mol. The lowest BCUT2D eigenvalue weighted by Crippen LogP contribution is -2.47. The first-order chi connectivity index (χ1) is 12.9. The maximum Gasteiger partial charge on any atom is 0.235 e. The molecule has 1 aliphatic heterocycles. The summed E-state index contributed by atoms with van der Waals surface area (Å²) in [6, 6.07) is 9.06. The van der Waals surface area contributed by atoms with E-state index in [0.29, 0.717) is 29.5 Å². The van der Waals surface area contributed by atoms with Crippen LogP contribution in [0.3, 0.4) is 0 Å². The quantitative estimate of drug-likeness (QED) is 0.797. The number of halogens is 2. The number of ketones is 1. The molecule has 1 N–H and O–H groups in total. The summed E-state index contributed by atoms with van der Waals surface area (Å²) in [5, 5.41) is 2.97. The molecule has 1 amide bonds. The van der Waals surface area contributed by atoms with Crippen molar-refractivity contribution in [3.63, 3.8) is 0 Å². The Bertz CT molecular complexity index is 932. The van der Waals surface area contributed by atoms with E-state index in [1.807, 2.05) is 13.0 Å². The summed E-state index contributed by atoms with van der Waals surface area (Å²) in [5.74, 6) is -2.99. The lowest BCUT2D eigenvalue weighted by molar-refractivity contribution is -0.125. The molecular weight excluding hydrogens is 348 g/mol. The molecule has 2 fully saturated rings. The van der Waals surface area contributed by atoms with E-state index in [-0.39, 0.29) is 11.7 Å². The van der Waals surface area contributed by atoms with Crippen LogP contribution in [0.4, 0.5) is 8.78 Å². The highest BCUT2D eigenvalue weighted by molar-refractivity contribution is 6.17. The topological polar surface area (TPSA) is 46.2 Å². The highest BCUT2D eigenvalue weighted by Crippen LogP contribution is 2.40. The van der Waals surface area contributed by atoms with Crippen molar-refractivity contribution in [1.82, 2.24) is 5.32 Å². The molecule has 0 bridgehead atoms. The van der Waals surface area contributed by atoms with Crippen LogP contribution in [0.25, 0.3) is 11.1 Å². The summed E-state index contributed by atoms with van der Waals surface area (Å²) in [4.78, 5) is 25.9. The monoisotopic (exact) mass is 369 g/mol. The van der Waals surface area contributed by atoms with Gasteiger partial charge in [-0.1, -0.05) is 37.5 Å². The molecule has 1 saturated heterocycles. The number of amides is 1. The number of rotatable bonds is 2. The van der Waals surface area contributed by atoms with Crippen molar-refractivity contribution < 1.29 is 18.4 Å². The van der Waals surface area contributed by atoms with Crippen LogP contribution in [0.2, 0.25) is 0 Å². The van der Waals surface area contributed by atoms with Crippen molar-refractivity contribution in [2.75, 3.05) is 0 Å². The van der Waals surface area contributed by atoms with Gasteiger partial charge in [-0.15, -0.1) is 0 Å². The third-order valence-electron chi connectivity index (χ3n) is 5.91. The van der Waals surface area contributed by atoms with E-state index in [0.717, 1.165) is 37.0 Å². The van der Waals surface area contributed by atoms with Gasteiger partial charge in [0.15, 0.2) is 17.4 Å². The van der Waals surface area contributed by atoms with Gasteiger partial charge in [0.25, 0.3) is 0 Å². The van der Waals surface area contributed by atoms with E-state index in [1.165, 1.54) is 6.07 Å². The van der Waals surface area contributed by atoms with Gasteiger partial charge < -0.3 is 5.32 Å². The lowest BCUT2D eigenvalue weighted by atomic mass is 9.76. The molecule has 1 spiro atoms. The average Bonchev–Trinajstić information content (AvgIpc) is 2.88. The zero-order chi connectivity index (χ0) is 19.2. The standard InChI is InChI=1S/C22H21F2NO2/c1-13-5-6-14(15-7-8-17(23)18(24)12-15)11-16(13)19-20(26)22(25-21(19)27)9-3-2-4-10-22/h5-8,11-12,19H,2-4,9-10H2,1H3,(H,25,27). The zero-order valence-corrected chi connectivity index (χ0v) is 15.1. The van der Waals surface area contributed by atoms with Gasteiger partial charge in [-0.2, -0.15) is 0 Å². The highest BCUT2D eigenvalue weighted by atomic mass is 19.2. The summed E-state index contributed by atoms with van der Waals surface area (Å²) in [7, 11) is 0. The number of carbonyl (C=O) groups is 2. The molecule has 1 atom stereocenters. The lowest BCUT2D eigenvalue weighted by Gasteiger charge is -2.31. The minimum atomic E-state index is -0.925.